The number of hydrogen-bond donors (Lipinski definition) is 2. The minimum Gasteiger partial charge on any atom is -0.393 e. The molecule has 0 aliphatic heterocycles. The number of aliphatic hydroxyl groups is 1. The molecule has 2 heteroatoms. The van der Waals surface area contributed by atoms with Gasteiger partial charge in [0.05, 0.1) is 6.10 Å². The minimum atomic E-state index is -0.0171. The molecule has 12 heavy (non-hydrogen) atoms. The van der Waals surface area contributed by atoms with E-state index >= 15 is 0 Å². The fourth-order valence-electron chi connectivity index (χ4n) is 2.08. The van der Waals surface area contributed by atoms with Crippen molar-refractivity contribution >= 4 is 0 Å². The van der Waals surface area contributed by atoms with Crippen molar-refractivity contribution < 1.29 is 5.11 Å². The van der Waals surface area contributed by atoms with Gasteiger partial charge in [-0.05, 0) is 38.1 Å². The predicted octanol–water partition coefficient (Wildman–Crippen LogP) is 1.67. The zero-order chi connectivity index (χ0) is 8.81. The third-order valence-corrected chi connectivity index (χ3v) is 2.90. The normalized spacial score (nSPS) is 30.5. The van der Waals surface area contributed by atoms with Gasteiger partial charge in [0.25, 0.3) is 0 Å². The Kier molecular flexibility index (Phi) is 4.62. The molecule has 1 aliphatic rings. The molecule has 0 aromatic rings. The lowest BCUT2D eigenvalue weighted by Crippen LogP contribution is -2.24. The lowest BCUT2D eigenvalue weighted by Gasteiger charge is -2.27. The lowest BCUT2D eigenvalue weighted by atomic mass is 9.83. The summed E-state index contributed by atoms with van der Waals surface area (Å²) >= 11 is 0. The van der Waals surface area contributed by atoms with E-state index in [0.717, 1.165) is 19.4 Å². The van der Waals surface area contributed by atoms with Crippen LogP contribution >= 0.6 is 0 Å². The first-order chi connectivity index (χ1) is 5.84. The van der Waals surface area contributed by atoms with Crippen molar-refractivity contribution in [1.82, 2.24) is 0 Å². The Morgan fingerprint density at radius 3 is 2.58 bits per heavy atom. The van der Waals surface area contributed by atoms with Crippen LogP contribution in [0.4, 0.5) is 0 Å². The highest BCUT2D eigenvalue weighted by molar-refractivity contribution is 4.74. The highest BCUT2D eigenvalue weighted by atomic mass is 16.3. The molecule has 0 aromatic carbocycles. The Morgan fingerprint density at radius 1 is 1.17 bits per heavy atom. The molecule has 1 fully saturated rings. The Labute approximate surface area is 75.2 Å². The maximum atomic E-state index is 9.64. The molecular formula is C10H21NO. The Balaban J connectivity index is 2.11. The van der Waals surface area contributed by atoms with Crippen LogP contribution in [0.1, 0.15) is 44.9 Å². The molecule has 0 saturated heterocycles. The first-order valence-corrected chi connectivity index (χ1v) is 5.22. The maximum Gasteiger partial charge on any atom is 0.0568 e. The van der Waals surface area contributed by atoms with Crippen molar-refractivity contribution in [3.63, 3.8) is 0 Å². The second-order valence-electron chi connectivity index (χ2n) is 3.90. The largest absolute Gasteiger partial charge is 0.393 e. The van der Waals surface area contributed by atoms with Crippen LogP contribution in [0, 0.1) is 5.92 Å². The predicted molar refractivity (Wildman–Crippen MR) is 50.9 cm³/mol. The van der Waals surface area contributed by atoms with E-state index in [-0.39, 0.29) is 6.10 Å². The van der Waals surface area contributed by atoms with Crippen LogP contribution in [-0.2, 0) is 0 Å². The molecule has 0 spiro atoms. The van der Waals surface area contributed by atoms with E-state index in [1.165, 1.54) is 32.1 Å². The maximum absolute atomic E-state index is 9.64. The van der Waals surface area contributed by atoms with Gasteiger partial charge in [0.15, 0.2) is 0 Å². The zero-order valence-electron chi connectivity index (χ0n) is 7.84. The van der Waals surface area contributed by atoms with Crippen molar-refractivity contribution in [3.8, 4) is 0 Å². The van der Waals surface area contributed by atoms with Gasteiger partial charge in [0.1, 0.15) is 0 Å². The summed E-state index contributed by atoms with van der Waals surface area (Å²) in [5, 5.41) is 9.64. The van der Waals surface area contributed by atoms with Crippen LogP contribution < -0.4 is 5.73 Å². The molecule has 0 amide bonds. The molecule has 0 radical (unpaired) electrons. The quantitative estimate of drug-likeness (QED) is 0.632. The summed E-state index contributed by atoms with van der Waals surface area (Å²) in [6.45, 7) is 0.794. The van der Waals surface area contributed by atoms with Gasteiger partial charge in [-0.2, -0.15) is 0 Å². The van der Waals surface area contributed by atoms with Crippen LogP contribution in [0.2, 0.25) is 0 Å². The standard InChI is InChI=1S/C10H21NO/c11-8-4-3-6-9-5-1-2-7-10(9)12/h9-10,12H,1-8,11H2. The second kappa shape index (κ2) is 5.55. The van der Waals surface area contributed by atoms with Crippen molar-refractivity contribution in [3.05, 3.63) is 0 Å². The van der Waals surface area contributed by atoms with Gasteiger partial charge in [-0.3, -0.25) is 0 Å². The van der Waals surface area contributed by atoms with Crippen molar-refractivity contribution in [2.45, 2.75) is 51.0 Å². The molecule has 0 bridgehead atoms. The highest BCUT2D eigenvalue weighted by Crippen LogP contribution is 2.28. The van der Waals surface area contributed by atoms with Crippen LogP contribution in [0.5, 0.6) is 0 Å². The average molecular weight is 171 g/mol. The Bertz CT molecular complexity index is 116. The van der Waals surface area contributed by atoms with E-state index in [1.807, 2.05) is 0 Å². The molecule has 1 saturated carbocycles. The molecular weight excluding hydrogens is 150 g/mol. The molecule has 1 rings (SSSR count). The summed E-state index contributed by atoms with van der Waals surface area (Å²) in [6, 6.07) is 0. The van der Waals surface area contributed by atoms with E-state index in [0.29, 0.717) is 5.92 Å². The first kappa shape index (κ1) is 10.0. The number of nitrogens with two attached hydrogens (primary N) is 1. The van der Waals surface area contributed by atoms with Crippen LogP contribution in [-0.4, -0.2) is 17.8 Å². The van der Waals surface area contributed by atoms with Crippen LogP contribution in [0.25, 0.3) is 0 Å². The molecule has 72 valence electrons. The number of unbranched alkanes of at least 4 members (excludes halogenated alkanes) is 1. The summed E-state index contributed by atoms with van der Waals surface area (Å²) < 4.78 is 0. The Morgan fingerprint density at radius 2 is 1.92 bits per heavy atom. The summed E-state index contributed by atoms with van der Waals surface area (Å²) in [4.78, 5) is 0. The van der Waals surface area contributed by atoms with Gasteiger partial charge >= 0.3 is 0 Å². The fraction of sp³-hybridized carbons (Fsp3) is 1.00. The molecule has 1 aliphatic carbocycles. The zero-order valence-corrected chi connectivity index (χ0v) is 7.84. The van der Waals surface area contributed by atoms with Gasteiger partial charge in [-0.15, -0.1) is 0 Å². The number of rotatable bonds is 4. The summed E-state index contributed by atoms with van der Waals surface area (Å²) in [6.07, 6.45) is 8.24. The van der Waals surface area contributed by atoms with Gasteiger partial charge in [0.2, 0.25) is 0 Å². The van der Waals surface area contributed by atoms with E-state index in [9.17, 15) is 5.11 Å². The van der Waals surface area contributed by atoms with Gasteiger partial charge in [-0.1, -0.05) is 19.3 Å². The van der Waals surface area contributed by atoms with E-state index < -0.39 is 0 Å². The SMILES string of the molecule is NCCCCC1CCCCC1O. The van der Waals surface area contributed by atoms with E-state index in [1.54, 1.807) is 0 Å². The van der Waals surface area contributed by atoms with Crippen molar-refractivity contribution in [2.24, 2.45) is 11.7 Å². The Hall–Kier alpha value is -0.0800. The van der Waals surface area contributed by atoms with Crippen molar-refractivity contribution in [2.75, 3.05) is 6.54 Å². The number of aliphatic hydroxyl groups excluding tert-OH is 1. The van der Waals surface area contributed by atoms with E-state index in [4.69, 9.17) is 5.73 Å². The molecule has 0 heterocycles. The van der Waals surface area contributed by atoms with Gasteiger partial charge in [-0.25, -0.2) is 0 Å². The lowest BCUT2D eigenvalue weighted by molar-refractivity contribution is 0.0641. The van der Waals surface area contributed by atoms with Gasteiger partial charge in [0, 0.05) is 0 Å². The smallest absolute Gasteiger partial charge is 0.0568 e. The van der Waals surface area contributed by atoms with E-state index in [2.05, 4.69) is 0 Å². The first-order valence-electron chi connectivity index (χ1n) is 5.22. The fourth-order valence-corrected chi connectivity index (χ4v) is 2.08. The second-order valence-corrected chi connectivity index (χ2v) is 3.90. The van der Waals surface area contributed by atoms with Crippen LogP contribution in [0.3, 0.4) is 0 Å². The summed E-state index contributed by atoms with van der Waals surface area (Å²) in [5.41, 5.74) is 5.42. The topological polar surface area (TPSA) is 46.2 Å². The summed E-state index contributed by atoms with van der Waals surface area (Å²) in [5.74, 6) is 0.574. The van der Waals surface area contributed by atoms with Crippen LogP contribution in [0.15, 0.2) is 0 Å². The molecule has 0 aromatic heterocycles. The van der Waals surface area contributed by atoms with Crippen molar-refractivity contribution in [1.29, 1.82) is 0 Å². The monoisotopic (exact) mass is 171 g/mol. The number of hydrogen-bond acceptors (Lipinski definition) is 2. The molecule has 3 N–H and O–H groups in total. The average Bonchev–Trinajstić information content (AvgIpc) is 2.09. The van der Waals surface area contributed by atoms with Gasteiger partial charge < -0.3 is 10.8 Å². The molecule has 2 unspecified atom stereocenters. The summed E-state index contributed by atoms with van der Waals surface area (Å²) in [7, 11) is 0. The molecule has 2 atom stereocenters. The highest BCUT2D eigenvalue weighted by Gasteiger charge is 2.21. The minimum absolute atomic E-state index is 0.0171. The third-order valence-electron chi connectivity index (χ3n) is 2.90. The third kappa shape index (κ3) is 3.11. The molecule has 2 nitrogen and oxygen atoms in total.